The van der Waals surface area contributed by atoms with Crippen LogP contribution >= 0.6 is 0 Å². The Morgan fingerprint density at radius 3 is 2.79 bits per heavy atom. The van der Waals surface area contributed by atoms with E-state index < -0.39 is 0 Å². The Hall–Kier alpha value is -1.36. The van der Waals surface area contributed by atoms with E-state index in [0.717, 1.165) is 12.8 Å². The van der Waals surface area contributed by atoms with Gasteiger partial charge in [0.15, 0.2) is 0 Å². The normalized spacial score (nSPS) is 31.0. The van der Waals surface area contributed by atoms with E-state index in [1.165, 1.54) is 0 Å². The second-order valence-corrected chi connectivity index (χ2v) is 5.71. The molecule has 3 atom stereocenters. The summed E-state index contributed by atoms with van der Waals surface area (Å²) in [6, 6.07) is 1.64. The molecule has 2 heterocycles. The first-order valence-corrected chi connectivity index (χ1v) is 6.93. The summed E-state index contributed by atoms with van der Waals surface area (Å²) in [5, 5.41) is 0. The van der Waals surface area contributed by atoms with Crippen LogP contribution in [0, 0.1) is 11.8 Å². The van der Waals surface area contributed by atoms with Crippen molar-refractivity contribution in [3.63, 3.8) is 0 Å². The largest absolute Gasteiger partial charge is 0.383 e. The van der Waals surface area contributed by atoms with Crippen LogP contribution in [-0.2, 0) is 4.74 Å². The molecule has 0 aliphatic carbocycles. The summed E-state index contributed by atoms with van der Waals surface area (Å²) in [6.07, 6.45) is 3.21. The van der Waals surface area contributed by atoms with Gasteiger partial charge in [0.1, 0.15) is 12.0 Å². The minimum absolute atomic E-state index is 0.161. The molecule has 2 N–H and O–H groups in total. The number of nitrogens with two attached hydrogens (primary N) is 1. The molecule has 0 radical (unpaired) electrons. The average molecular weight is 265 g/mol. The predicted octanol–water partition coefficient (Wildman–Crippen LogP) is 2.19. The average Bonchev–Trinajstić information content (AvgIpc) is 2.67. The highest BCUT2D eigenvalue weighted by atomic mass is 16.5. The third-order valence-electron chi connectivity index (χ3n) is 4.44. The van der Waals surface area contributed by atoms with E-state index in [4.69, 9.17) is 10.5 Å². The summed E-state index contributed by atoms with van der Waals surface area (Å²) >= 11 is 0. The Bertz CT molecular complexity index is 512. The smallest absolute Gasteiger partial charge is 0.351 e. The molecular formula is C14H23N3O2. The number of rotatable bonds is 3. The Kier molecular flexibility index (Phi) is 3.67. The van der Waals surface area contributed by atoms with Crippen LogP contribution in [0.15, 0.2) is 17.1 Å². The topological polar surface area (TPSA) is 70.1 Å². The number of ether oxygens (including phenoxy) is 1. The summed E-state index contributed by atoms with van der Waals surface area (Å²) < 4.78 is 7.81. The molecule has 1 fully saturated rings. The minimum Gasteiger partial charge on any atom is -0.383 e. The molecule has 5 heteroatoms. The van der Waals surface area contributed by atoms with Gasteiger partial charge in [-0.15, -0.1) is 0 Å². The number of aromatic nitrogens is 2. The maximum atomic E-state index is 11.9. The first-order chi connectivity index (χ1) is 8.90. The Balaban J connectivity index is 2.33. The van der Waals surface area contributed by atoms with Crippen molar-refractivity contribution in [2.45, 2.75) is 52.4 Å². The lowest BCUT2D eigenvalue weighted by Gasteiger charge is -2.36. The zero-order chi connectivity index (χ0) is 14.2. The van der Waals surface area contributed by atoms with E-state index >= 15 is 0 Å². The first kappa shape index (κ1) is 14.1. The van der Waals surface area contributed by atoms with Crippen molar-refractivity contribution < 1.29 is 4.74 Å². The van der Waals surface area contributed by atoms with Gasteiger partial charge >= 0.3 is 5.69 Å². The van der Waals surface area contributed by atoms with Crippen molar-refractivity contribution in [2.24, 2.45) is 11.8 Å². The van der Waals surface area contributed by atoms with Crippen molar-refractivity contribution >= 4 is 5.82 Å². The van der Waals surface area contributed by atoms with Gasteiger partial charge in [0.2, 0.25) is 0 Å². The Morgan fingerprint density at radius 1 is 1.63 bits per heavy atom. The molecule has 106 valence electrons. The molecule has 1 aromatic heterocycles. The summed E-state index contributed by atoms with van der Waals surface area (Å²) in [7, 11) is 0. The van der Waals surface area contributed by atoms with Gasteiger partial charge in [-0.1, -0.05) is 27.7 Å². The van der Waals surface area contributed by atoms with Gasteiger partial charge in [-0.05, 0) is 30.7 Å². The predicted molar refractivity (Wildman–Crippen MR) is 74.7 cm³/mol. The zero-order valence-corrected chi connectivity index (χ0v) is 12.1. The molecule has 0 bridgehead atoms. The van der Waals surface area contributed by atoms with Crippen LogP contribution in [0.2, 0.25) is 0 Å². The van der Waals surface area contributed by atoms with Crippen molar-refractivity contribution in [1.82, 2.24) is 9.55 Å². The van der Waals surface area contributed by atoms with Gasteiger partial charge in [-0.25, -0.2) is 4.79 Å². The van der Waals surface area contributed by atoms with E-state index in [2.05, 4.69) is 32.7 Å². The van der Waals surface area contributed by atoms with Gasteiger partial charge in [0, 0.05) is 6.20 Å². The third-order valence-corrected chi connectivity index (χ3v) is 4.44. The van der Waals surface area contributed by atoms with E-state index in [1.54, 1.807) is 16.8 Å². The van der Waals surface area contributed by atoms with E-state index in [1.807, 2.05) is 0 Å². The Morgan fingerprint density at radius 2 is 2.32 bits per heavy atom. The fraction of sp³-hybridized carbons (Fsp3) is 0.714. The fourth-order valence-electron chi connectivity index (χ4n) is 3.28. The SMILES string of the molecule is CC[C@@]1(C(C)C)O[C@@H](n2ccc(N)nc2=O)C[C@@H]1C. The van der Waals surface area contributed by atoms with Gasteiger partial charge in [0.05, 0.1) is 5.60 Å². The first-order valence-electron chi connectivity index (χ1n) is 6.93. The minimum atomic E-state index is -0.340. The molecule has 0 amide bonds. The van der Waals surface area contributed by atoms with E-state index in [-0.39, 0.29) is 23.3 Å². The maximum absolute atomic E-state index is 11.9. The fourth-order valence-corrected chi connectivity index (χ4v) is 3.28. The summed E-state index contributed by atoms with van der Waals surface area (Å²) in [5.41, 5.74) is 5.01. The number of anilines is 1. The number of hydrogen-bond acceptors (Lipinski definition) is 4. The van der Waals surface area contributed by atoms with E-state index in [0.29, 0.717) is 11.8 Å². The molecule has 1 aliphatic heterocycles. The van der Waals surface area contributed by atoms with E-state index in [9.17, 15) is 4.79 Å². The monoisotopic (exact) mass is 265 g/mol. The lowest BCUT2D eigenvalue weighted by Crippen LogP contribution is -2.39. The van der Waals surface area contributed by atoms with Gasteiger partial charge in [0.25, 0.3) is 0 Å². The molecule has 1 saturated heterocycles. The van der Waals surface area contributed by atoms with Gasteiger partial charge in [-0.3, -0.25) is 4.57 Å². The van der Waals surface area contributed by atoms with Crippen LogP contribution in [0.4, 0.5) is 5.82 Å². The second kappa shape index (κ2) is 4.96. The standard InChI is InChI=1S/C14H23N3O2/c1-5-14(9(2)3)10(4)8-12(19-14)17-7-6-11(15)16-13(17)18/h6-7,9-10,12H,5,8H2,1-4H3,(H2,15,16,18)/t10-,12+,14-/m0/s1. The molecule has 5 nitrogen and oxygen atoms in total. The molecule has 0 spiro atoms. The molecular weight excluding hydrogens is 242 g/mol. The van der Waals surface area contributed by atoms with Crippen LogP contribution < -0.4 is 11.4 Å². The summed E-state index contributed by atoms with van der Waals surface area (Å²) in [6.45, 7) is 8.68. The van der Waals surface area contributed by atoms with Crippen molar-refractivity contribution in [2.75, 3.05) is 5.73 Å². The number of nitrogen functional groups attached to an aromatic ring is 1. The van der Waals surface area contributed by atoms with Crippen LogP contribution in [-0.4, -0.2) is 15.2 Å². The van der Waals surface area contributed by atoms with Crippen LogP contribution in [0.1, 0.15) is 46.8 Å². The molecule has 1 aromatic rings. The van der Waals surface area contributed by atoms with Gasteiger partial charge in [-0.2, -0.15) is 4.98 Å². The van der Waals surface area contributed by atoms with Crippen molar-refractivity contribution in [3.05, 3.63) is 22.7 Å². The van der Waals surface area contributed by atoms with Crippen LogP contribution in [0.3, 0.4) is 0 Å². The van der Waals surface area contributed by atoms with Crippen molar-refractivity contribution in [1.29, 1.82) is 0 Å². The molecule has 0 aromatic carbocycles. The summed E-state index contributed by atoms with van der Waals surface area (Å²) in [5.74, 6) is 1.07. The zero-order valence-electron chi connectivity index (χ0n) is 12.1. The number of hydrogen-bond donors (Lipinski definition) is 1. The van der Waals surface area contributed by atoms with Crippen LogP contribution in [0.25, 0.3) is 0 Å². The molecule has 0 saturated carbocycles. The second-order valence-electron chi connectivity index (χ2n) is 5.71. The highest BCUT2D eigenvalue weighted by Gasteiger charge is 2.47. The molecule has 19 heavy (non-hydrogen) atoms. The van der Waals surface area contributed by atoms with Crippen LogP contribution in [0.5, 0.6) is 0 Å². The maximum Gasteiger partial charge on any atom is 0.351 e. The quantitative estimate of drug-likeness (QED) is 0.909. The highest BCUT2D eigenvalue weighted by Crippen LogP contribution is 2.46. The molecule has 1 aliphatic rings. The summed E-state index contributed by atoms with van der Waals surface area (Å²) in [4.78, 5) is 15.7. The molecule has 0 unspecified atom stereocenters. The lowest BCUT2D eigenvalue weighted by atomic mass is 9.78. The highest BCUT2D eigenvalue weighted by molar-refractivity contribution is 5.23. The third kappa shape index (κ3) is 2.27. The Labute approximate surface area is 113 Å². The van der Waals surface area contributed by atoms with Crippen molar-refractivity contribution in [3.8, 4) is 0 Å². The lowest BCUT2D eigenvalue weighted by molar-refractivity contribution is -0.114. The number of nitrogens with zero attached hydrogens (tertiary/aromatic N) is 2. The molecule has 2 rings (SSSR count). The van der Waals surface area contributed by atoms with Gasteiger partial charge < -0.3 is 10.5 Å².